The van der Waals surface area contributed by atoms with Crippen LogP contribution in [-0.4, -0.2) is 15.4 Å². The molecule has 1 atom stereocenters. The predicted octanol–water partition coefficient (Wildman–Crippen LogP) is 0.836. The molecule has 1 aromatic heterocycles. The van der Waals surface area contributed by atoms with E-state index >= 15 is 0 Å². The van der Waals surface area contributed by atoms with E-state index in [4.69, 9.17) is 5.73 Å². The Kier molecular flexibility index (Phi) is 8.52. The van der Waals surface area contributed by atoms with E-state index in [1.807, 2.05) is 60.0 Å². The number of nitriles is 1. The number of nitrogen functional groups attached to an aromatic ring is 1. The van der Waals surface area contributed by atoms with Gasteiger partial charge in [0.05, 0.1) is 18.2 Å². The van der Waals surface area contributed by atoms with E-state index in [-0.39, 0.29) is 22.8 Å². The first-order valence-corrected chi connectivity index (χ1v) is 10.3. The highest BCUT2D eigenvalue weighted by atomic mass is 79.9. The van der Waals surface area contributed by atoms with Crippen molar-refractivity contribution >= 4 is 11.7 Å². The molecule has 31 heavy (non-hydrogen) atoms. The van der Waals surface area contributed by atoms with Crippen LogP contribution in [0.1, 0.15) is 56.6 Å². The summed E-state index contributed by atoms with van der Waals surface area (Å²) in [5, 5.41) is 14.0. The topological polar surface area (TPSA) is 88.6 Å². The number of benzene rings is 2. The van der Waals surface area contributed by atoms with Crippen LogP contribution in [0.4, 0.5) is 5.95 Å². The van der Waals surface area contributed by atoms with Gasteiger partial charge in [-0.05, 0) is 43.0 Å². The maximum Gasteiger partial charge on any atom is 0.377 e. The van der Waals surface area contributed by atoms with Crippen LogP contribution in [0.25, 0.3) is 11.1 Å². The van der Waals surface area contributed by atoms with Gasteiger partial charge in [0.1, 0.15) is 0 Å². The molecule has 0 radical (unpaired) electrons. The zero-order chi connectivity index (χ0) is 21.7. The van der Waals surface area contributed by atoms with Gasteiger partial charge in [-0.2, -0.15) is 5.26 Å². The van der Waals surface area contributed by atoms with Crippen molar-refractivity contribution in [2.45, 2.75) is 52.6 Å². The van der Waals surface area contributed by atoms with E-state index in [2.05, 4.69) is 18.1 Å². The number of carbonyl (C=O) groups excluding carboxylic acids is 1. The number of aryl methyl sites for hydroxylation is 1. The Morgan fingerprint density at radius 1 is 1.23 bits per heavy atom. The monoisotopic (exact) mass is 481 g/mol. The van der Waals surface area contributed by atoms with Gasteiger partial charge in [-0.25, -0.2) is 4.57 Å². The van der Waals surface area contributed by atoms with Crippen molar-refractivity contribution in [1.29, 1.82) is 5.26 Å². The average Bonchev–Trinajstić information content (AvgIpc) is 3.07. The second kappa shape index (κ2) is 10.9. The molecule has 3 aromatic rings. The minimum Gasteiger partial charge on any atom is -1.00 e. The van der Waals surface area contributed by atoms with E-state index in [0.29, 0.717) is 18.1 Å². The summed E-state index contributed by atoms with van der Waals surface area (Å²) in [4.78, 5) is 11.9. The normalized spacial score (nSPS) is 11.4. The molecule has 2 N–H and O–H groups in total. The van der Waals surface area contributed by atoms with E-state index < -0.39 is 6.04 Å². The molecule has 1 unspecified atom stereocenters. The smallest absolute Gasteiger partial charge is 0.377 e. The number of carbonyl (C=O) groups is 1. The molecule has 0 aliphatic carbocycles. The van der Waals surface area contributed by atoms with Crippen LogP contribution in [0.5, 0.6) is 0 Å². The lowest BCUT2D eigenvalue weighted by molar-refractivity contribution is -0.746. The fraction of sp³-hybridized carbons (Fsp3) is 0.333. The number of unbranched alkanes of at least 4 members (excludes halogenated alkanes) is 1. The maximum atomic E-state index is 11.9. The molecule has 0 aliphatic rings. The number of rotatable bonds is 8. The number of hydrogen-bond acceptors (Lipinski definition) is 4. The largest absolute Gasteiger partial charge is 1.00 e. The lowest BCUT2D eigenvalue weighted by Crippen LogP contribution is -3.00. The third kappa shape index (κ3) is 5.39. The van der Waals surface area contributed by atoms with Crippen LogP contribution in [0.3, 0.4) is 0 Å². The number of ketones is 1. The second-order valence-electron chi connectivity index (χ2n) is 7.55. The molecule has 2 aromatic carbocycles. The fourth-order valence-electron chi connectivity index (χ4n) is 3.44. The lowest BCUT2D eigenvalue weighted by Gasteiger charge is -2.07. The van der Waals surface area contributed by atoms with Gasteiger partial charge < -0.3 is 17.0 Å². The highest BCUT2D eigenvalue weighted by Crippen LogP contribution is 2.24. The van der Waals surface area contributed by atoms with Crippen LogP contribution in [0.15, 0.2) is 48.5 Å². The molecule has 0 bridgehead atoms. The van der Waals surface area contributed by atoms with E-state index in [1.165, 1.54) is 0 Å². The SMILES string of the molecule is CCCCc1n[n+](C(C)C(C)=O)c(N)n1Cc1ccc(-c2ccccc2C#N)cc1.[Br-]. The lowest BCUT2D eigenvalue weighted by atomic mass is 9.99. The first-order valence-electron chi connectivity index (χ1n) is 10.3. The maximum absolute atomic E-state index is 11.9. The summed E-state index contributed by atoms with van der Waals surface area (Å²) in [5.41, 5.74) is 10.1. The number of Topliss-reactive ketones (excluding diaryl/α,β-unsaturated/α-hetero) is 1. The van der Waals surface area contributed by atoms with Crippen molar-refractivity contribution in [3.63, 3.8) is 0 Å². The number of nitrogens with two attached hydrogens (primary N) is 1. The van der Waals surface area contributed by atoms with Gasteiger partial charge in [0.15, 0.2) is 11.8 Å². The minimum absolute atomic E-state index is 0. The van der Waals surface area contributed by atoms with Crippen LogP contribution < -0.4 is 27.4 Å². The third-order valence-corrected chi connectivity index (χ3v) is 5.41. The van der Waals surface area contributed by atoms with Crippen LogP contribution in [0.2, 0.25) is 0 Å². The van der Waals surface area contributed by atoms with Crippen molar-refractivity contribution in [1.82, 2.24) is 9.67 Å². The van der Waals surface area contributed by atoms with Gasteiger partial charge in [-0.1, -0.05) is 60.9 Å². The van der Waals surface area contributed by atoms with Gasteiger partial charge in [-0.3, -0.25) is 10.5 Å². The fourth-order valence-corrected chi connectivity index (χ4v) is 3.44. The third-order valence-electron chi connectivity index (χ3n) is 5.41. The van der Waals surface area contributed by atoms with Crippen LogP contribution >= 0.6 is 0 Å². The Morgan fingerprint density at radius 2 is 1.90 bits per heavy atom. The first-order chi connectivity index (χ1) is 14.5. The molecule has 0 amide bonds. The summed E-state index contributed by atoms with van der Waals surface area (Å²) in [6.07, 6.45) is 2.88. The molecule has 0 aliphatic heterocycles. The van der Waals surface area contributed by atoms with Crippen molar-refractivity contribution in [3.8, 4) is 17.2 Å². The van der Waals surface area contributed by atoms with Gasteiger partial charge in [0, 0.05) is 6.42 Å². The van der Waals surface area contributed by atoms with E-state index in [0.717, 1.165) is 41.8 Å². The molecular weight excluding hydrogens is 454 g/mol. The zero-order valence-electron chi connectivity index (χ0n) is 18.2. The molecule has 0 spiro atoms. The Labute approximate surface area is 194 Å². The molecular formula is C24H28BrN5O. The van der Waals surface area contributed by atoms with Crippen molar-refractivity contribution < 1.29 is 26.5 Å². The molecule has 6 nitrogen and oxygen atoms in total. The molecule has 0 fully saturated rings. The molecule has 1 heterocycles. The van der Waals surface area contributed by atoms with Crippen molar-refractivity contribution in [2.75, 3.05) is 5.73 Å². The van der Waals surface area contributed by atoms with Crippen LogP contribution in [0, 0.1) is 11.3 Å². The number of halogens is 1. The van der Waals surface area contributed by atoms with Crippen molar-refractivity contribution in [2.24, 2.45) is 0 Å². The summed E-state index contributed by atoms with van der Waals surface area (Å²) in [6.45, 7) is 6.09. The summed E-state index contributed by atoms with van der Waals surface area (Å²) in [6, 6.07) is 17.6. The number of nitrogens with zero attached hydrogens (tertiary/aromatic N) is 4. The molecule has 0 saturated heterocycles. The molecule has 162 valence electrons. The summed E-state index contributed by atoms with van der Waals surface area (Å²) >= 11 is 0. The van der Waals surface area contributed by atoms with Gasteiger partial charge in [-0.15, -0.1) is 4.68 Å². The Hall–Kier alpha value is -2.98. The van der Waals surface area contributed by atoms with Gasteiger partial charge in [0.25, 0.3) is 0 Å². The highest BCUT2D eigenvalue weighted by molar-refractivity contribution is 5.77. The summed E-state index contributed by atoms with van der Waals surface area (Å²) in [7, 11) is 0. The summed E-state index contributed by atoms with van der Waals surface area (Å²) < 4.78 is 3.62. The Balaban J connectivity index is 0.00000341. The number of anilines is 1. The predicted molar refractivity (Wildman–Crippen MR) is 117 cm³/mol. The first kappa shape index (κ1) is 24.3. The van der Waals surface area contributed by atoms with Crippen LogP contribution in [-0.2, 0) is 17.8 Å². The zero-order valence-corrected chi connectivity index (χ0v) is 19.8. The van der Waals surface area contributed by atoms with Crippen molar-refractivity contribution in [3.05, 3.63) is 65.5 Å². The molecule has 0 saturated carbocycles. The molecule has 7 heteroatoms. The second-order valence-corrected chi connectivity index (χ2v) is 7.55. The van der Waals surface area contributed by atoms with E-state index in [9.17, 15) is 10.1 Å². The Bertz CT molecular complexity index is 1080. The quantitative estimate of drug-likeness (QED) is 0.482. The van der Waals surface area contributed by atoms with Gasteiger partial charge in [0.2, 0.25) is 5.82 Å². The Morgan fingerprint density at radius 3 is 2.52 bits per heavy atom. The number of hydrogen-bond donors (Lipinski definition) is 1. The van der Waals surface area contributed by atoms with Gasteiger partial charge >= 0.3 is 5.95 Å². The standard InChI is InChI=1S/C24H27N5O.BrH/c1-4-5-10-23-27-29(17(2)18(3)30)24(26)28(23)16-19-11-13-20(14-12-19)22-9-7-6-8-21(22)15-25;/h6-9,11-14,17,26H,4-5,10,16H2,1-3H3;1H. The van der Waals surface area contributed by atoms with E-state index in [1.54, 1.807) is 11.6 Å². The minimum atomic E-state index is -0.392. The summed E-state index contributed by atoms with van der Waals surface area (Å²) in [5.74, 6) is 1.41. The number of aromatic nitrogens is 3. The highest BCUT2D eigenvalue weighted by Gasteiger charge is 2.27. The average molecular weight is 482 g/mol. The molecule has 3 rings (SSSR count).